The maximum Gasteiger partial charge on any atom is 0.412 e. The number of amides is 1. The number of carbonyl (C=O) groups excluding carboxylic acids is 1. The van der Waals surface area contributed by atoms with Gasteiger partial charge >= 0.3 is 6.09 Å². The van der Waals surface area contributed by atoms with Crippen LogP contribution in [-0.2, 0) is 10.4 Å². The molecule has 1 saturated heterocycles. The average molecular weight is 356 g/mol. The van der Waals surface area contributed by atoms with E-state index in [9.17, 15) is 4.79 Å². The zero-order valence-electron chi connectivity index (χ0n) is 15.3. The number of nitrogens with one attached hydrogen (secondary N) is 2. The molecule has 2 N–H and O–H groups in total. The van der Waals surface area contributed by atoms with Crippen LogP contribution < -0.4 is 10.6 Å². The quantitative estimate of drug-likeness (QED) is 0.868. The largest absolute Gasteiger partial charge is 0.444 e. The van der Waals surface area contributed by atoms with Crippen LogP contribution in [0.2, 0.25) is 0 Å². The molecule has 1 amide bonds. The van der Waals surface area contributed by atoms with Crippen molar-refractivity contribution >= 4 is 12.0 Å². The number of carbonyl (C=O) groups is 1. The maximum atomic E-state index is 13.0. The number of anilines is 1. The highest BCUT2D eigenvalue weighted by molar-refractivity contribution is 5.70. The molecule has 8 heteroatoms. The van der Waals surface area contributed by atoms with Gasteiger partial charge in [0.2, 0.25) is 5.95 Å². The van der Waals surface area contributed by atoms with Gasteiger partial charge in [0.05, 0.1) is 5.69 Å². The van der Waals surface area contributed by atoms with Gasteiger partial charge in [0.15, 0.2) is 5.66 Å². The van der Waals surface area contributed by atoms with E-state index >= 15 is 0 Å². The predicted octanol–water partition coefficient (Wildman–Crippen LogP) is 1.98. The van der Waals surface area contributed by atoms with Crippen molar-refractivity contribution in [2.24, 2.45) is 0 Å². The van der Waals surface area contributed by atoms with E-state index in [0.29, 0.717) is 31.3 Å². The minimum Gasteiger partial charge on any atom is -0.444 e. The van der Waals surface area contributed by atoms with E-state index in [-0.39, 0.29) is 0 Å². The molecule has 26 heavy (non-hydrogen) atoms. The van der Waals surface area contributed by atoms with Crippen LogP contribution in [0.15, 0.2) is 42.9 Å². The molecule has 1 aliphatic heterocycles. The lowest BCUT2D eigenvalue weighted by atomic mass is 10.0. The molecule has 1 unspecified atom stereocenters. The summed E-state index contributed by atoms with van der Waals surface area (Å²) < 4.78 is 5.64. The lowest BCUT2D eigenvalue weighted by Gasteiger charge is -2.47. The molecule has 3 heterocycles. The molecule has 8 nitrogen and oxygen atoms in total. The Morgan fingerprint density at radius 2 is 1.92 bits per heavy atom. The number of nitrogens with zero attached hydrogens (tertiary/aromatic N) is 4. The number of aromatic nitrogens is 3. The molecule has 2 aromatic rings. The van der Waals surface area contributed by atoms with Crippen LogP contribution in [0.1, 0.15) is 26.5 Å². The van der Waals surface area contributed by atoms with Gasteiger partial charge in [-0.05, 0) is 39.0 Å². The fraction of sp³-hybridized carbons (Fsp3) is 0.444. The predicted molar refractivity (Wildman–Crippen MR) is 97.4 cm³/mol. The summed E-state index contributed by atoms with van der Waals surface area (Å²) in [7, 11) is 0. The Bertz CT molecular complexity index is 734. The van der Waals surface area contributed by atoms with E-state index in [1.807, 2.05) is 39.0 Å². The summed E-state index contributed by atoms with van der Waals surface area (Å²) in [4.78, 5) is 27.6. The number of piperazine rings is 1. The van der Waals surface area contributed by atoms with Crippen molar-refractivity contribution in [1.82, 2.24) is 25.2 Å². The van der Waals surface area contributed by atoms with E-state index in [2.05, 4.69) is 25.6 Å². The van der Waals surface area contributed by atoms with Gasteiger partial charge in [-0.2, -0.15) is 0 Å². The van der Waals surface area contributed by atoms with Crippen LogP contribution >= 0.6 is 0 Å². The number of ether oxygens (including phenoxy) is 1. The Labute approximate surface area is 153 Å². The number of hydrogen-bond acceptors (Lipinski definition) is 7. The van der Waals surface area contributed by atoms with Crippen LogP contribution in [0.5, 0.6) is 0 Å². The second kappa shape index (κ2) is 7.25. The first-order valence-electron chi connectivity index (χ1n) is 8.59. The summed E-state index contributed by atoms with van der Waals surface area (Å²) in [6, 6.07) is 7.34. The molecule has 2 aromatic heterocycles. The molecule has 0 aromatic carbocycles. The Kier molecular flexibility index (Phi) is 5.03. The van der Waals surface area contributed by atoms with E-state index < -0.39 is 17.4 Å². The molecule has 0 saturated carbocycles. The lowest BCUT2D eigenvalue weighted by Crippen LogP contribution is -2.65. The fourth-order valence-electron chi connectivity index (χ4n) is 2.87. The minimum absolute atomic E-state index is 0.409. The highest BCUT2D eigenvalue weighted by Gasteiger charge is 2.46. The highest BCUT2D eigenvalue weighted by Crippen LogP contribution is 2.30. The molecule has 0 bridgehead atoms. The molecular weight excluding hydrogens is 332 g/mol. The van der Waals surface area contributed by atoms with Crippen LogP contribution in [0, 0.1) is 0 Å². The molecule has 1 fully saturated rings. The van der Waals surface area contributed by atoms with Gasteiger partial charge < -0.3 is 15.4 Å². The molecule has 1 aliphatic rings. The summed E-state index contributed by atoms with van der Waals surface area (Å²) in [5, 5.41) is 6.64. The summed E-state index contributed by atoms with van der Waals surface area (Å²) in [5.74, 6) is 0.412. The number of hydrogen-bond donors (Lipinski definition) is 2. The van der Waals surface area contributed by atoms with Gasteiger partial charge in [0.25, 0.3) is 0 Å². The van der Waals surface area contributed by atoms with Crippen molar-refractivity contribution in [2.45, 2.75) is 32.0 Å². The third-order valence-electron chi connectivity index (χ3n) is 3.94. The highest BCUT2D eigenvalue weighted by atomic mass is 16.6. The summed E-state index contributed by atoms with van der Waals surface area (Å²) in [6.07, 6.45) is 4.59. The fourth-order valence-corrected chi connectivity index (χ4v) is 2.87. The van der Waals surface area contributed by atoms with E-state index in [4.69, 9.17) is 4.74 Å². The first-order valence-corrected chi connectivity index (χ1v) is 8.59. The normalized spacial score (nSPS) is 20.5. The lowest BCUT2D eigenvalue weighted by molar-refractivity contribution is -0.00705. The first kappa shape index (κ1) is 18.1. The molecule has 3 rings (SSSR count). The van der Waals surface area contributed by atoms with Crippen LogP contribution in [-0.4, -0.2) is 51.2 Å². The van der Waals surface area contributed by atoms with Gasteiger partial charge in [-0.1, -0.05) is 6.07 Å². The topological polar surface area (TPSA) is 92.3 Å². The summed E-state index contributed by atoms with van der Waals surface area (Å²) in [6.45, 7) is 7.12. The van der Waals surface area contributed by atoms with Crippen LogP contribution in [0.3, 0.4) is 0 Å². The molecule has 0 radical (unpaired) electrons. The molecule has 1 atom stereocenters. The second-order valence-electron chi connectivity index (χ2n) is 7.08. The van der Waals surface area contributed by atoms with Crippen molar-refractivity contribution < 1.29 is 9.53 Å². The first-order chi connectivity index (χ1) is 12.4. The minimum atomic E-state index is -0.955. The van der Waals surface area contributed by atoms with E-state index in [1.54, 1.807) is 29.6 Å². The monoisotopic (exact) mass is 356 g/mol. The van der Waals surface area contributed by atoms with Gasteiger partial charge in [0.1, 0.15) is 5.60 Å². The molecular formula is C18H24N6O2. The summed E-state index contributed by atoms with van der Waals surface area (Å²) in [5.41, 5.74) is -0.866. The Hall–Kier alpha value is -2.74. The van der Waals surface area contributed by atoms with Crippen LogP contribution in [0.4, 0.5) is 10.7 Å². The van der Waals surface area contributed by atoms with Gasteiger partial charge in [-0.15, -0.1) is 0 Å². The zero-order valence-corrected chi connectivity index (χ0v) is 15.3. The van der Waals surface area contributed by atoms with Crippen molar-refractivity contribution in [2.75, 3.05) is 25.0 Å². The van der Waals surface area contributed by atoms with E-state index in [0.717, 1.165) is 0 Å². The zero-order chi connectivity index (χ0) is 18.6. The maximum absolute atomic E-state index is 13.0. The number of rotatable bonds is 3. The molecule has 0 aliphatic carbocycles. The summed E-state index contributed by atoms with van der Waals surface area (Å²) >= 11 is 0. The average Bonchev–Trinajstić information content (AvgIpc) is 2.62. The van der Waals surface area contributed by atoms with Crippen LogP contribution in [0.25, 0.3) is 0 Å². The van der Waals surface area contributed by atoms with Crippen molar-refractivity contribution in [1.29, 1.82) is 0 Å². The Morgan fingerprint density at radius 3 is 2.58 bits per heavy atom. The third-order valence-corrected chi connectivity index (χ3v) is 3.94. The van der Waals surface area contributed by atoms with E-state index in [1.165, 1.54) is 0 Å². The SMILES string of the molecule is CC(C)(C)OC(=O)N1CCNCC1(Nc1ncccn1)c1ccccn1. The molecule has 0 spiro atoms. The smallest absolute Gasteiger partial charge is 0.412 e. The van der Waals surface area contributed by atoms with Gasteiger partial charge in [-0.3, -0.25) is 9.88 Å². The van der Waals surface area contributed by atoms with Crippen molar-refractivity contribution in [3.05, 3.63) is 48.5 Å². The van der Waals surface area contributed by atoms with Crippen molar-refractivity contribution in [3.8, 4) is 0 Å². The second-order valence-corrected chi connectivity index (χ2v) is 7.08. The third kappa shape index (κ3) is 3.91. The number of pyridine rings is 1. The van der Waals surface area contributed by atoms with Gasteiger partial charge in [-0.25, -0.2) is 14.8 Å². The van der Waals surface area contributed by atoms with Gasteiger partial charge in [0, 0.05) is 38.2 Å². The van der Waals surface area contributed by atoms with Crippen molar-refractivity contribution in [3.63, 3.8) is 0 Å². The molecule has 138 valence electrons. The Balaban J connectivity index is 2.03. The Morgan fingerprint density at radius 1 is 1.19 bits per heavy atom. The standard InChI is InChI=1S/C18H24N6O2/c1-17(2,3)26-16(25)24-12-11-19-13-18(24,14-7-4-5-8-20-14)23-15-21-9-6-10-22-15/h4-10,19H,11-13H2,1-3H3,(H,21,22,23).